The normalized spacial score (nSPS) is 9.67. The summed E-state index contributed by atoms with van der Waals surface area (Å²) in [4.78, 5) is 38.1. The van der Waals surface area contributed by atoms with Crippen molar-refractivity contribution in [2.24, 2.45) is 0 Å². The molecule has 142 valence electrons. The molecule has 0 aliphatic heterocycles. The van der Waals surface area contributed by atoms with E-state index in [0.717, 1.165) is 0 Å². The molecular weight excluding hydrogens is 368 g/mol. The molecule has 0 saturated carbocycles. The first-order valence-corrected chi connectivity index (χ1v) is 5.22. The first-order valence-electron chi connectivity index (χ1n) is 5.22. The number of carboxylic acids is 4. The molecule has 13 nitrogen and oxygen atoms in total. The molecule has 0 aromatic heterocycles. The van der Waals surface area contributed by atoms with E-state index in [-0.39, 0.29) is 67.0 Å². The summed E-state index contributed by atoms with van der Waals surface area (Å²) in [6.45, 7) is 3.07. The third kappa shape index (κ3) is 37.3. The number of aliphatic carboxylic acids is 4. The molecule has 10 N–H and O–H groups in total. The number of aliphatic hydroxyl groups is 2. The molecule has 0 aliphatic carbocycles. The van der Waals surface area contributed by atoms with Crippen molar-refractivity contribution in [3.05, 3.63) is 0 Å². The minimum absolute atomic E-state index is 0. The van der Waals surface area contributed by atoms with Crippen LogP contribution in [0.15, 0.2) is 0 Å². The standard InChI is InChI=1S/C4H6O6.2C3H6O2.Ca.3H2O/c5-1(3(7)8)2(6)4(9)10;2*1-2-3(4)5;;;;/h1-2,5-6H,(H,7,8)(H,9,10);2*2H2,1H3,(H,4,5);;3*1H2/q;;;+2;;;/p-2. The van der Waals surface area contributed by atoms with Gasteiger partial charge in [-0.2, -0.15) is 0 Å². The van der Waals surface area contributed by atoms with Crippen molar-refractivity contribution in [2.75, 3.05) is 0 Å². The summed E-state index contributed by atoms with van der Waals surface area (Å²) in [5.74, 6) is -5.53. The Bertz CT molecular complexity index is 301. The summed E-state index contributed by atoms with van der Waals surface area (Å²) >= 11 is 0. The zero-order chi connectivity index (χ0) is 16.9. The van der Waals surface area contributed by atoms with Gasteiger partial charge in [0.1, 0.15) is 0 Å². The summed E-state index contributed by atoms with van der Waals surface area (Å²) in [6.07, 6.45) is -4.31. The minimum atomic E-state index is -2.27. The summed E-state index contributed by atoms with van der Waals surface area (Å²) < 4.78 is 0. The van der Waals surface area contributed by atoms with Gasteiger partial charge < -0.3 is 56.7 Å². The molecule has 0 fully saturated rings. The van der Waals surface area contributed by atoms with Crippen molar-refractivity contribution in [3.8, 4) is 0 Å². The first kappa shape index (κ1) is 43.5. The Morgan fingerprint density at radius 1 is 0.750 bits per heavy atom. The van der Waals surface area contributed by atoms with Crippen LogP contribution in [0.3, 0.4) is 0 Å². The van der Waals surface area contributed by atoms with Crippen LogP contribution in [-0.2, 0) is 19.2 Å². The van der Waals surface area contributed by atoms with E-state index in [1.165, 1.54) is 13.8 Å². The summed E-state index contributed by atoms with van der Waals surface area (Å²) in [5, 5.41) is 51.0. The van der Waals surface area contributed by atoms with Gasteiger partial charge >= 0.3 is 49.7 Å². The van der Waals surface area contributed by atoms with E-state index in [1.807, 2.05) is 0 Å². The van der Waals surface area contributed by atoms with Crippen LogP contribution in [0.4, 0.5) is 0 Å². The fourth-order valence-corrected chi connectivity index (χ4v) is 0.270. The molecule has 0 aromatic carbocycles. The molecule has 2 unspecified atom stereocenters. The van der Waals surface area contributed by atoms with Gasteiger partial charge in [0.05, 0.1) is 0 Å². The second-order valence-electron chi connectivity index (χ2n) is 3.02. The van der Waals surface area contributed by atoms with Gasteiger partial charge in [0.25, 0.3) is 0 Å². The average Bonchev–Trinajstić information content (AvgIpc) is 2.37. The Morgan fingerprint density at radius 3 is 0.917 bits per heavy atom. The largest absolute Gasteiger partial charge is 2.00 e. The van der Waals surface area contributed by atoms with Crippen molar-refractivity contribution in [2.45, 2.75) is 38.9 Å². The van der Waals surface area contributed by atoms with Crippen LogP contribution in [0.1, 0.15) is 26.7 Å². The SMILES string of the molecule is CCC(=O)[O-].CCC(=O)[O-].O.O.O.O=C(O)C(O)C(O)C(=O)O.[Ca+2]. The fraction of sp³-hybridized carbons (Fsp3) is 0.600. The van der Waals surface area contributed by atoms with Crippen molar-refractivity contribution in [3.63, 3.8) is 0 Å². The number of hydrogen-bond acceptors (Lipinski definition) is 8. The summed E-state index contributed by atoms with van der Waals surface area (Å²) in [7, 11) is 0. The zero-order valence-corrected chi connectivity index (χ0v) is 15.2. The third-order valence-corrected chi connectivity index (χ3v) is 1.38. The van der Waals surface area contributed by atoms with Crippen LogP contribution in [0, 0.1) is 0 Å². The van der Waals surface area contributed by atoms with Crippen LogP contribution in [0.5, 0.6) is 0 Å². The third-order valence-electron chi connectivity index (χ3n) is 1.38. The van der Waals surface area contributed by atoms with Crippen LogP contribution in [0.25, 0.3) is 0 Å². The van der Waals surface area contributed by atoms with E-state index in [4.69, 9.17) is 20.4 Å². The molecule has 2 atom stereocenters. The minimum Gasteiger partial charge on any atom is -0.550 e. The molecule has 0 saturated heterocycles. The monoisotopic (exact) mass is 390 g/mol. The molecule has 0 spiro atoms. The van der Waals surface area contributed by atoms with E-state index in [2.05, 4.69) is 0 Å². The van der Waals surface area contributed by atoms with Gasteiger partial charge in [-0.05, 0) is 12.8 Å². The van der Waals surface area contributed by atoms with Crippen molar-refractivity contribution >= 4 is 61.6 Å². The molecule has 0 rings (SSSR count). The smallest absolute Gasteiger partial charge is 0.550 e. The Hall–Kier alpha value is -1.06. The van der Waals surface area contributed by atoms with Crippen molar-refractivity contribution in [1.29, 1.82) is 0 Å². The molecule has 14 heteroatoms. The van der Waals surface area contributed by atoms with E-state index in [9.17, 15) is 29.4 Å². The number of hydrogen-bond donors (Lipinski definition) is 4. The molecule has 24 heavy (non-hydrogen) atoms. The van der Waals surface area contributed by atoms with Crippen LogP contribution in [-0.4, -0.2) is 111 Å². The predicted octanol–water partition coefficient (Wildman–Crippen LogP) is -6.68. The second kappa shape index (κ2) is 26.8. The maximum atomic E-state index is 9.77. The van der Waals surface area contributed by atoms with Gasteiger partial charge in [0, 0.05) is 11.9 Å². The molecule has 0 aromatic rings. The fourth-order valence-electron chi connectivity index (χ4n) is 0.270. The topological polar surface area (TPSA) is 290 Å². The summed E-state index contributed by atoms with van der Waals surface area (Å²) in [6, 6.07) is 0. The van der Waals surface area contributed by atoms with E-state index in [0.29, 0.717) is 0 Å². The quantitative estimate of drug-likeness (QED) is 0.321. The van der Waals surface area contributed by atoms with Gasteiger partial charge in [0.2, 0.25) is 0 Å². The molecule has 0 amide bonds. The molecule has 0 aliphatic rings. The van der Waals surface area contributed by atoms with E-state index in [1.54, 1.807) is 0 Å². The van der Waals surface area contributed by atoms with E-state index < -0.39 is 36.1 Å². The van der Waals surface area contributed by atoms with Crippen LogP contribution < -0.4 is 10.2 Å². The molecule has 0 heterocycles. The molecule has 0 bridgehead atoms. The Kier molecular flexibility index (Phi) is 48.6. The predicted molar refractivity (Wildman–Crippen MR) is 74.5 cm³/mol. The maximum absolute atomic E-state index is 9.77. The van der Waals surface area contributed by atoms with Gasteiger partial charge in [0.15, 0.2) is 12.2 Å². The van der Waals surface area contributed by atoms with Gasteiger partial charge in [-0.25, -0.2) is 9.59 Å². The molecule has 0 radical (unpaired) electrons. The summed E-state index contributed by atoms with van der Waals surface area (Å²) in [5.41, 5.74) is 0. The van der Waals surface area contributed by atoms with Crippen molar-refractivity contribution in [1.82, 2.24) is 0 Å². The molecular formula is C10H22CaO13. The Balaban J connectivity index is -0.0000000362. The van der Waals surface area contributed by atoms with Gasteiger partial charge in [-0.1, -0.05) is 13.8 Å². The van der Waals surface area contributed by atoms with E-state index >= 15 is 0 Å². The first-order chi connectivity index (χ1) is 9.00. The average molecular weight is 390 g/mol. The maximum Gasteiger partial charge on any atom is 2.00 e. The van der Waals surface area contributed by atoms with Gasteiger partial charge in [-0.3, -0.25) is 0 Å². The number of carboxylic acid groups (broad SMARTS) is 4. The number of carbonyl (C=O) groups excluding carboxylic acids is 2. The zero-order valence-electron chi connectivity index (χ0n) is 13.0. The Morgan fingerprint density at radius 2 is 0.875 bits per heavy atom. The Labute approximate surface area is 166 Å². The number of rotatable bonds is 5. The van der Waals surface area contributed by atoms with Crippen molar-refractivity contribution < 1.29 is 66.2 Å². The van der Waals surface area contributed by atoms with Gasteiger partial charge in [-0.15, -0.1) is 0 Å². The van der Waals surface area contributed by atoms with Crippen LogP contribution in [0.2, 0.25) is 0 Å². The van der Waals surface area contributed by atoms with Crippen LogP contribution >= 0.6 is 0 Å². The number of aliphatic hydroxyl groups excluding tert-OH is 2. The second-order valence-corrected chi connectivity index (χ2v) is 3.02. The number of carbonyl (C=O) groups is 4.